The summed E-state index contributed by atoms with van der Waals surface area (Å²) in [6.07, 6.45) is 3.93. The quantitative estimate of drug-likeness (QED) is 0.712. The lowest BCUT2D eigenvalue weighted by molar-refractivity contribution is 0.632. The van der Waals surface area contributed by atoms with Crippen molar-refractivity contribution in [2.75, 3.05) is 0 Å². The van der Waals surface area contributed by atoms with Gasteiger partial charge in [-0.2, -0.15) is 0 Å². The molecule has 1 N–H and O–H groups in total. The molecule has 2 aromatic heterocycles. The van der Waals surface area contributed by atoms with Gasteiger partial charge in [0.25, 0.3) is 0 Å². The number of H-pyrrole nitrogens is 1. The highest BCUT2D eigenvalue weighted by Crippen LogP contribution is 2.19. The number of halogens is 2. The first-order chi connectivity index (χ1) is 5.29. The van der Waals surface area contributed by atoms with E-state index in [0.29, 0.717) is 15.5 Å². The van der Waals surface area contributed by atoms with Crippen LogP contribution in [0.5, 0.6) is 0 Å². The van der Waals surface area contributed by atoms with Crippen LogP contribution in [0.3, 0.4) is 0 Å². The van der Waals surface area contributed by atoms with E-state index in [9.17, 15) is 4.39 Å². The average Bonchev–Trinajstić information content (AvgIpc) is 2.45. The first-order valence-electron chi connectivity index (χ1n) is 2.90. The summed E-state index contributed by atoms with van der Waals surface area (Å²) in [4.78, 5) is 6.53. The zero-order valence-electron chi connectivity index (χ0n) is 5.28. The van der Waals surface area contributed by atoms with E-state index in [2.05, 4.69) is 38.2 Å². The topological polar surface area (TPSA) is 28.7 Å². The molecular weight excluding hydrogens is 211 g/mol. The van der Waals surface area contributed by atoms with Crippen molar-refractivity contribution in [1.29, 1.82) is 0 Å². The molecule has 0 bridgehead atoms. The summed E-state index contributed by atoms with van der Waals surface area (Å²) in [7, 11) is 0. The molecular formula is C7H2BrFN2. The maximum atomic E-state index is 13.1. The van der Waals surface area contributed by atoms with Crippen LogP contribution in [0.25, 0.3) is 11.0 Å². The van der Waals surface area contributed by atoms with Crippen molar-refractivity contribution in [1.82, 2.24) is 9.97 Å². The molecule has 0 radical (unpaired) electrons. The Kier molecular flexibility index (Phi) is 1.33. The Bertz CT molecular complexity index is 396. The van der Waals surface area contributed by atoms with Crippen molar-refractivity contribution >= 4 is 27.0 Å². The van der Waals surface area contributed by atoms with Crippen LogP contribution in [0.4, 0.5) is 4.39 Å². The van der Waals surface area contributed by atoms with E-state index in [0.717, 1.165) is 0 Å². The van der Waals surface area contributed by atoms with Crippen molar-refractivity contribution in [2.45, 2.75) is 0 Å². The van der Waals surface area contributed by atoms with Gasteiger partial charge in [-0.05, 0) is 22.0 Å². The zero-order valence-corrected chi connectivity index (χ0v) is 6.87. The summed E-state index contributed by atoms with van der Waals surface area (Å²) in [6, 6.07) is 2.58. The van der Waals surface area contributed by atoms with Gasteiger partial charge in [0.15, 0.2) is 11.5 Å². The Balaban J connectivity index is 2.93. The third-order valence-electron chi connectivity index (χ3n) is 1.34. The number of rotatable bonds is 0. The molecule has 0 amide bonds. The van der Waals surface area contributed by atoms with E-state index < -0.39 is 0 Å². The summed E-state index contributed by atoms with van der Waals surface area (Å²) in [5, 5.41) is 0.333. The van der Waals surface area contributed by atoms with Crippen LogP contribution >= 0.6 is 15.9 Å². The van der Waals surface area contributed by atoms with Gasteiger partial charge < -0.3 is 0 Å². The molecule has 54 valence electrons. The van der Waals surface area contributed by atoms with Gasteiger partial charge in [0.2, 0.25) is 0 Å². The number of nitrogens with one attached hydrogen (secondary N) is 1. The number of aromatic amines is 1. The lowest BCUT2D eigenvalue weighted by Gasteiger charge is -1.92. The van der Waals surface area contributed by atoms with E-state index in [1.165, 1.54) is 6.20 Å². The van der Waals surface area contributed by atoms with Crippen LogP contribution < -0.4 is 0 Å². The fraction of sp³-hybridized carbons (Fsp3) is 0. The van der Waals surface area contributed by atoms with Crippen LogP contribution in [-0.2, 0) is 0 Å². The van der Waals surface area contributed by atoms with Crippen molar-refractivity contribution in [2.24, 2.45) is 0 Å². The molecule has 0 atom stereocenters. The highest BCUT2D eigenvalue weighted by Gasteiger charge is 2.05. The SMILES string of the molecule is Fc1c(Br)cnc2[nH]c#cc12. The normalized spacial score (nSPS) is 10.0. The maximum Gasteiger partial charge on any atom is 0.158 e. The lowest BCUT2D eigenvalue weighted by atomic mass is 10.3. The number of hydrogen-bond donors (Lipinski definition) is 1. The first-order valence-corrected chi connectivity index (χ1v) is 3.69. The van der Waals surface area contributed by atoms with E-state index >= 15 is 0 Å². The molecule has 2 rings (SSSR count). The van der Waals surface area contributed by atoms with Crippen LogP contribution in [0.15, 0.2) is 10.7 Å². The van der Waals surface area contributed by atoms with Gasteiger partial charge in [0.1, 0.15) is 5.39 Å². The Morgan fingerprint density at radius 1 is 1.64 bits per heavy atom. The fourth-order valence-electron chi connectivity index (χ4n) is 0.828. The summed E-state index contributed by atoms with van der Waals surface area (Å²) in [5.74, 6) is -0.354. The number of hydrogen-bond acceptors (Lipinski definition) is 1. The molecule has 0 aliphatic heterocycles. The number of aromatic nitrogens is 2. The maximum absolute atomic E-state index is 13.1. The Labute approximate surface area is 70.6 Å². The first kappa shape index (κ1) is 6.62. The molecule has 0 unspecified atom stereocenters. The van der Waals surface area contributed by atoms with Gasteiger partial charge in [-0.3, -0.25) is 4.98 Å². The Morgan fingerprint density at radius 2 is 2.45 bits per heavy atom. The molecule has 2 nitrogen and oxygen atoms in total. The second-order valence-electron chi connectivity index (χ2n) is 2.02. The molecule has 0 saturated carbocycles. The van der Waals surface area contributed by atoms with Crippen LogP contribution in [0, 0.1) is 18.1 Å². The molecule has 0 saturated heterocycles. The monoisotopic (exact) mass is 212 g/mol. The van der Waals surface area contributed by atoms with Gasteiger partial charge in [-0.15, -0.1) is 0 Å². The van der Waals surface area contributed by atoms with Crippen molar-refractivity contribution in [3.63, 3.8) is 0 Å². The lowest BCUT2D eigenvalue weighted by Crippen LogP contribution is -1.82. The largest absolute Gasteiger partial charge is 0.298 e. The molecule has 0 spiro atoms. The van der Waals surface area contributed by atoms with E-state index in [1.807, 2.05) is 0 Å². The van der Waals surface area contributed by atoms with Gasteiger partial charge in [-0.25, -0.2) is 9.37 Å². The molecule has 2 heterocycles. The highest BCUT2D eigenvalue weighted by atomic mass is 79.9. The minimum Gasteiger partial charge on any atom is -0.298 e. The molecule has 4 heteroatoms. The Morgan fingerprint density at radius 3 is 3.27 bits per heavy atom. The average molecular weight is 213 g/mol. The van der Waals surface area contributed by atoms with Gasteiger partial charge in [0.05, 0.1) is 4.47 Å². The fourth-order valence-corrected chi connectivity index (χ4v) is 1.13. The smallest absolute Gasteiger partial charge is 0.158 e. The minimum atomic E-state index is -0.354. The zero-order chi connectivity index (χ0) is 7.84. The summed E-state index contributed by atoms with van der Waals surface area (Å²) < 4.78 is 13.4. The van der Waals surface area contributed by atoms with E-state index in [4.69, 9.17) is 0 Å². The summed E-state index contributed by atoms with van der Waals surface area (Å²) in [6.45, 7) is 0. The van der Waals surface area contributed by atoms with E-state index in [1.54, 1.807) is 0 Å². The molecule has 0 aromatic carbocycles. The molecule has 2 aromatic rings. The Hall–Kier alpha value is -1.08. The minimum absolute atomic E-state index is 0.333. The highest BCUT2D eigenvalue weighted by molar-refractivity contribution is 9.10. The number of fused-ring (bicyclic) bond motifs is 1. The van der Waals surface area contributed by atoms with Gasteiger partial charge >= 0.3 is 0 Å². The molecule has 11 heavy (non-hydrogen) atoms. The third kappa shape index (κ3) is 0.889. The second-order valence-corrected chi connectivity index (χ2v) is 2.87. The van der Waals surface area contributed by atoms with Crippen molar-refractivity contribution < 1.29 is 4.39 Å². The summed E-state index contributed by atoms with van der Waals surface area (Å²) >= 11 is 3.02. The van der Waals surface area contributed by atoms with Crippen molar-refractivity contribution in [3.8, 4) is 0 Å². The van der Waals surface area contributed by atoms with Crippen LogP contribution in [-0.4, -0.2) is 9.97 Å². The van der Waals surface area contributed by atoms with Gasteiger partial charge in [-0.1, -0.05) is 0 Å². The van der Waals surface area contributed by atoms with Crippen molar-refractivity contribution in [3.05, 3.63) is 28.7 Å². The molecule has 0 aliphatic carbocycles. The number of pyridine rings is 1. The standard InChI is InChI=1S/C7H2BrFN2/c8-5-3-11-7-4(6(5)9)1-2-10-7/h3H,(H,10,11). The second kappa shape index (κ2) is 2.21. The predicted octanol–water partition coefficient (Wildman–Crippen LogP) is 2.06. The molecule has 0 aliphatic rings. The van der Waals surface area contributed by atoms with Crippen LogP contribution in [0.2, 0.25) is 0 Å². The summed E-state index contributed by atoms with van der Waals surface area (Å²) in [5.41, 5.74) is 0.464. The number of nitrogens with zero attached hydrogens (tertiary/aromatic N) is 1. The predicted molar refractivity (Wildman–Crippen MR) is 41.4 cm³/mol. The van der Waals surface area contributed by atoms with Crippen LogP contribution in [0.1, 0.15) is 0 Å². The van der Waals surface area contributed by atoms with Gasteiger partial charge in [0, 0.05) is 12.4 Å². The third-order valence-corrected chi connectivity index (χ3v) is 1.89. The molecule has 0 fully saturated rings. The van der Waals surface area contributed by atoms with E-state index in [-0.39, 0.29) is 5.82 Å².